The number of rotatable bonds is 14. The van der Waals surface area contributed by atoms with Gasteiger partial charge in [0, 0.05) is 19.4 Å². The van der Waals surface area contributed by atoms with Gasteiger partial charge in [-0.25, -0.2) is 9.18 Å². The van der Waals surface area contributed by atoms with Crippen molar-refractivity contribution in [3.8, 4) is 0 Å². The van der Waals surface area contributed by atoms with E-state index in [1.807, 2.05) is 13.8 Å². The lowest BCUT2D eigenvalue weighted by Gasteiger charge is -2.46. The lowest BCUT2D eigenvalue weighted by Crippen LogP contribution is -2.47. The van der Waals surface area contributed by atoms with Crippen LogP contribution in [0.1, 0.15) is 69.4 Å². The number of hydrogen-bond donors (Lipinski definition) is 3. The van der Waals surface area contributed by atoms with E-state index in [0.717, 1.165) is 11.1 Å². The van der Waals surface area contributed by atoms with Gasteiger partial charge in [0.25, 0.3) is 0 Å². The summed E-state index contributed by atoms with van der Waals surface area (Å²) in [7, 11) is 1.40. The molecule has 1 aliphatic rings. The molecule has 3 N–H and O–H groups in total. The quantitative estimate of drug-likeness (QED) is 0.254. The first-order valence-electron chi connectivity index (χ1n) is 12.2. The second-order valence-corrected chi connectivity index (χ2v) is 9.71. The van der Waals surface area contributed by atoms with Crippen LogP contribution in [0.3, 0.4) is 0 Å². The molecule has 10 heteroatoms. The van der Waals surface area contributed by atoms with Gasteiger partial charge in [-0.05, 0) is 54.9 Å². The SMILES string of the molecule is COCC(=O)O[C@]1(CCCOC(=O)C[C@@H](O)C[C@@H](O)CC(=O)O)CCc2cc(F)ccc2[C@@H]1C(C)C. The molecule has 0 saturated heterocycles. The zero-order valence-electron chi connectivity index (χ0n) is 21.1. The van der Waals surface area contributed by atoms with Gasteiger partial charge in [-0.2, -0.15) is 0 Å². The number of aliphatic hydroxyl groups is 2. The van der Waals surface area contributed by atoms with Gasteiger partial charge in [-0.1, -0.05) is 19.9 Å². The second kappa shape index (κ2) is 13.7. The van der Waals surface area contributed by atoms with Crippen LogP contribution in [0.2, 0.25) is 0 Å². The number of aliphatic carboxylic acids is 1. The molecule has 36 heavy (non-hydrogen) atoms. The van der Waals surface area contributed by atoms with Crippen LogP contribution in [0.5, 0.6) is 0 Å². The number of carboxylic acid groups (broad SMARTS) is 1. The minimum Gasteiger partial charge on any atom is -0.481 e. The van der Waals surface area contributed by atoms with E-state index in [1.54, 1.807) is 6.07 Å². The van der Waals surface area contributed by atoms with E-state index in [2.05, 4.69) is 0 Å². The van der Waals surface area contributed by atoms with Crippen molar-refractivity contribution in [3.63, 3.8) is 0 Å². The van der Waals surface area contributed by atoms with Crippen LogP contribution in [0.25, 0.3) is 0 Å². The molecular weight excluding hydrogens is 475 g/mol. The third kappa shape index (κ3) is 8.53. The summed E-state index contributed by atoms with van der Waals surface area (Å²) in [6.45, 7) is 3.85. The molecule has 0 unspecified atom stereocenters. The first kappa shape index (κ1) is 29.7. The zero-order chi connectivity index (χ0) is 26.9. The van der Waals surface area contributed by atoms with Gasteiger partial charge in [-0.3, -0.25) is 9.59 Å². The average Bonchev–Trinajstić information content (AvgIpc) is 2.75. The standard InChI is InChI=1S/C26H37FO9/c1-16(2)25-21-6-5-18(27)11-17(21)7-9-26(25,36-24(33)15-34-3)8-4-10-35-23(32)14-20(29)12-19(28)13-22(30)31/h5-6,11,16,19-20,25,28-29H,4,7-10,12-15H2,1-3H3,(H,30,31)/t19-,20+,25+,26-/m1/s1. The lowest BCUT2D eigenvalue weighted by atomic mass is 9.65. The number of carboxylic acids is 1. The molecule has 1 aliphatic carbocycles. The highest BCUT2D eigenvalue weighted by Gasteiger charge is 2.47. The molecule has 0 spiro atoms. The Morgan fingerprint density at radius 2 is 1.83 bits per heavy atom. The second-order valence-electron chi connectivity index (χ2n) is 9.71. The van der Waals surface area contributed by atoms with Crippen molar-refractivity contribution in [2.24, 2.45) is 5.92 Å². The van der Waals surface area contributed by atoms with Crippen molar-refractivity contribution in [3.05, 3.63) is 35.1 Å². The number of benzene rings is 1. The summed E-state index contributed by atoms with van der Waals surface area (Å²) < 4.78 is 30.1. The number of carbonyl (C=O) groups is 3. The molecular formula is C26H37FO9. The molecule has 0 saturated carbocycles. The lowest BCUT2D eigenvalue weighted by molar-refractivity contribution is -0.172. The molecule has 202 valence electrons. The molecule has 0 aliphatic heterocycles. The number of methoxy groups -OCH3 is 1. The van der Waals surface area contributed by atoms with Crippen LogP contribution in [0, 0.1) is 11.7 Å². The van der Waals surface area contributed by atoms with Crippen LogP contribution < -0.4 is 0 Å². The maximum absolute atomic E-state index is 13.9. The van der Waals surface area contributed by atoms with E-state index in [1.165, 1.54) is 19.2 Å². The van der Waals surface area contributed by atoms with Gasteiger partial charge in [-0.15, -0.1) is 0 Å². The Morgan fingerprint density at radius 1 is 1.14 bits per heavy atom. The van der Waals surface area contributed by atoms with E-state index in [0.29, 0.717) is 25.7 Å². The van der Waals surface area contributed by atoms with Crippen LogP contribution >= 0.6 is 0 Å². The summed E-state index contributed by atoms with van der Waals surface area (Å²) in [4.78, 5) is 35.2. The fourth-order valence-electron chi connectivity index (χ4n) is 5.16. The average molecular weight is 513 g/mol. The maximum atomic E-state index is 13.9. The van der Waals surface area contributed by atoms with Crippen molar-refractivity contribution in [2.45, 2.75) is 82.5 Å². The van der Waals surface area contributed by atoms with E-state index in [-0.39, 0.29) is 43.7 Å². The van der Waals surface area contributed by atoms with Gasteiger partial charge in [0.15, 0.2) is 0 Å². The fraction of sp³-hybridized carbons (Fsp3) is 0.654. The summed E-state index contributed by atoms with van der Waals surface area (Å²) >= 11 is 0. The highest BCUT2D eigenvalue weighted by Crippen LogP contribution is 2.48. The summed E-state index contributed by atoms with van der Waals surface area (Å²) in [6.07, 6.45) is -1.86. The largest absolute Gasteiger partial charge is 0.481 e. The van der Waals surface area contributed by atoms with Crippen molar-refractivity contribution in [2.75, 3.05) is 20.3 Å². The highest BCUT2D eigenvalue weighted by molar-refractivity contribution is 5.71. The highest BCUT2D eigenvalue weighted by atomic mass is 19.1. The van der Waals surface area contributed by atoms with E-state index < -0.39 is 42.1 Å². The monoisotopic (exact) mass is 512 g/mol. The number of hydrogen-bond acceptors (Lipinski definition) is 8. The maximum Gasteiger partial charge on any atom is 0.332 e. The Labute approximate surface area is 210 Å². The summed E-state index contributed by atoms with van der Waals surface area (Å²) in [5, 5.41) is 28.2. The normalized spacial score (nSPS) is 20.9. The van der Waals surface area contributed by atoms with Gasteiger partial charge >= 0.3 is 17.9 Å². The Morgan fingerprint density at radius 3 is 2.47 bits per heavy atom. The first-order chi connectivity index (χ1) is 17.0. The molecule has 1 aromatic carbocycles. The molecule has 0 bridgehead atoms. The zero-order valence-corrected chi connectivity index (χ0v) is 21.1. The Bertz CT molecular complexity index is 903. The Balaban J connectivity index is 2.05. The smallest absolute Gasteiger partial charge is 0.332 e. The molecule has 1 aromatic rings. The predicted octanol–water partition coefficient (Wildman–Crippen LogP) is 2.74. The van der Waals surface area contributed by atoms with E-state index in [9.17, 15) is 29.0 Å². The molecule has 4 atom stereocenters. The van der Waals surface area contributed by atoms with E-state index >= 15 is 0 Å². The molecule has 0 fully saturated rings. The number of carbonyl (C=O) groups excluding carboxylic acids is 2. The third-order valence-electron chi connectivity index (χ3n) is 6.43. The van der Waals surface area contributed by atoms with Crippen molar-refractivity contribution < 1.29 is 48.3 Å². The van der Waals surface area contributed by atoms with Crippen LogP contribution in [-0.4, -0.2) is 71.4 Å². The molecule has 9 nitrogen and oxygen atoms in total. The van der Waals surface area contributed by atoms with E-state index in [4.69, 9.17) is 19.3 Å². The summed E-state index contributed by atoms with van der Waals surface area (Å²) in [5.41, 5.74) is 0.932. The predicted molar refractivity (Wildman–Crippen MR) is 127 cm³/mol. The number of fused-ring (bicyclic) bond motifs is 1. The van der Waals surface area contributed by atoms with Gasteiger partial charge in [0.1, 0.15) is 18.0 Å². The Kier molecular flexibility index (Phi) is 11.3. The van der Waals surface area contributed by atoms with Crippen molar-refractivity contribution >= 4 is 17.9 Å². The minimum absolute atomic E-state index is 0.0217. The van der Waals surface area contributed by atoms with Crippen LogP contribution in [0.15, 0.2) is 18.2 Å². The molecule has 0 heterocycles. The summed E-state index contributed by atoms with van der Waals surface area (Å²) in [6, 6.07) is 4.67. The summed E-state index contributed by atoms with van der Waals surface area (Å²) in [5.74, 6) is -2.83. The molecule has 2 rings (SSSR count). The van der Waals surface area contributed by atoms with Crippen LogP contribution in [-0.2, 0) is 35.0 Å². The third-order valence-corrected chi connectivity index (χ3v) is 6.43. The van der Waals surface area contributed by atoms with Crippen molar-refractivity contribution in [1.82, 2.24) is 0 Å². The van der Waals surface area contributed by atoms with Gasteiger partial charge in [0.05, 0.1) is 31.7 Å². The Hall–Kier alpha value is -2.56. The number of halogens is 1. The van der Waals surface area contributed by atoms with Crippen molar-refractivity contribution in [1.29, 1.82) is 0 Å². The topological polar surface area (TPSA) is 140 Å². The van der Waals surface area contributed by atoms with Crippen LogP contribution in [0.4, 0.5) is 4.39 Å². The molecule has 0 amide bonds. The number of ether oxygens (including phenoxy) is 3. The molecule has 0 radical (unpaired) electrons. The number of aryl methyl sites for hydroxylation is 1. The minimum atomic E-state index is -1.26. The fourth-order valence-corrected chi connectivity index (χ4v) is 5.16. The van der Waals surface area contributed by atoms with Gasteiger partial charge < -0.3 is 29.5 Å². The first-order valence-corrected chi connectivity index (χ1v) is 12.2. The number of esters is 2. The van der Waals surface area contributed by atoms with Gasteiger partial charge in [0.2, 0.25) is 0 Å². The number of aliphatic hydroxyl groups excluding tert-OH is 2. The molecule has 0 aromatic heterocycles.